The van der Waals surface area contributed by atoms with Crippen LogP contribution in [0.2, 0.25) is 0 Å². The zero-order chi connectivity index (χ0) is 8.59. The van der Waals surface area contributed by atoms with Gasteiger partial charge in [0.2, 0.25) is 0 Å². The number of nitrogens with zero attached hydrogens (tertiary/aromatic N) is 1. The van der Waals surface area contributed by atoms with Gasteiger partial charge in [-0.25, -0.2) is 0 Å². The van der Waals surface area contributed by atoms with E-state index in [0.717, 1.165) is 0 Å². The van der Waals surface area contributed by atoms with Crippen molar-refractivity contribution in [1.82, 2.24) is 5.06 Å². The molecule has 0 radical (unpaired) electrons. The third-order valence-corrected chi connectivity index (χ3v) is 2.48. The number of carbonyl (C=O) groups is 2. The van der Waals surface area contributed by atoms with Crippen LogP contribution in [0.1, 0.15) is 6.42 Å². The highest BCUT2D eigenvalue weighted by atomic mass is 31.1. The molecule has 0 saturated carbocycles. The van der Waals surface area contributed by atoms with Crippen LogP contribution in [0.5, 0.6) is 0 Å². The zero-order valence-corrected chi connectivity index (χ0v) is 6.67. The Morgan fingerprint density at radius 2 is 2.18 bits per heavy atom. The van der Waals surface area contributed by atoms with E-state index in [9.17, 15) is 14.5 Å². The Labute approximate surface area is 63.7 Å². The molecule has 0 aromatic rings. The van der Waals surface area contributed by atoms with Crippen LogP contribution >= 0.6 is 7.77 Å². The van der Waals surface area contributed by atoms with Crippen LogP contribution < -0.4 is 4.89 Å². The molecular weight excluding hydrogens is 169 g/mol. The van der Waals surface area contributed by atoms with E-state index < -0.39 is 19.6 Å². The van der Waals surface area contributed by atoms with Crippen molar-refractivity contribution in [3.8, 4) is 0 Å². The van der Waals surface area contributed by atoms with Crippen molar-refractivity contribution in [2.75, 3.05) is 6.66 Å². The van der Waals surface area contributed by atoms with E-state index in [0.29, 0.717) is 0 Å². The molecular formula is C5H6NO4P. The van der Waals surface area contributed by atoms with Gasteiger partial charge in [-0.05, 0) is 0 Å². The van der Waals surface area contributed by atoms with Crippen LogP contribution in [0, 0.1) is 0 Å². The summed E-state index contributed by atoms with van der Waals surface area (Å²) in [6, 6.07) is 0. The maximum atomic E-state index is 10.8. The Morgan fingerprint density at radius 3 is 2.36 bits per heavy atom. The molecule has 0 aromatic heterocycles. The lowest BCUT2D eigenvalue weighted by molar-refractivity contribution is -0.169. The van der Waals surface area contributed by atoms with E-state index >= 15 is 0 Å². The fourth-order valence-electron chi connectivity index (χ4n) is 0.775. The Bertz CT molecular complexity index is 255. The summed E-state index contributed by atoms with van der Waals surface area (Å²) >= 11 is 0. The number of imide groups is 1. The van der Waals surface area contributed by atoms with Crippen LogP contribution in [0.4, 0.5) is 0 Å². The number of rotatable bonds is 0. The first-order valence-corrected chi connectivity index (χ1v) is 4.57. The minimum atomic E-state index is -1.80. The normalized spacial score (nSPS) is 23.0. The number of hydrogen-bond donors (Lipinski definition) is 1. The van der Waals surface area contributed by atoms with E-state index in [1.54, 1.807) is 0 Å². The maximum Gasteiger partial charge on any atom is 0.322 e. The molecule has 1 aliphatic heterocycles. The van der Waals surface area contributed by atoms with Crippen molar-refractivity contribution >= 4 is 24.9 Å². The number of amides is 2. The summed E-state index contributed by atoms with van der Waals surface area (Å²) in [6.07, 6.45) is -0.221. The van der Waals surface area contributed by atoms with Crippen LogP contribution in [-0.4, -0.2) is 34.0 Å². The second-order valence-corrected chi connectivity index (χ2v) is 3.67. The highest BCUT2D eigenvalue weighted by molar-refractivity contribution is 7.53. The summed E-state index contributed by atoms with van der Waals surface area (Å²) in [5, 5.41) is 8.67. The maximum absolute atomic E-state index is 10.8. The van der Waals surface area contributed by atoms with Gasteiger partial charge >= 0.3 is 5.91 Å². The van der Waals surface area contributed by atoms with Crippen molar-refractivity contribution in [1.29, 1.82) is 0 Å². The van der Waals surface area contributed by atoms with Gasteiger partial charge in [0.25, 0.3) is 5.91 Å². The first-order chi connectivity index (χ1) is 5.04. The smallest absolute Gasteiger partial charge is 0.322 e. The summed E-state index contributed by atoms with van der Waals surface area (Å²) in [5.41, 5.74) is 0. The fourth-order valence-corrected chi connectivity index (χ4v) is 1.50. The lowest BCUT2D eigenvalue weighted by Gasteiger charge is -1.98. The molecule has 5 nitrogen and oxygen atoms in total. The summed E-state index contributed by atoms with van der Waals surface area (Å²) in [6.45, 7) is 1.33. The Balaban J connectivity index is 3.02. The summed E-state index contributed by atoms with van der Waals surface area (Å²) < 4.78 is 0. The minimum Gasteiger partial charge on any atom is -0.630 e. The molecule has 1 heterocycles. The van der Waals surface area contributed by atoms with Crippen molar-refractivity contribution in [2.45, 2.75) is 6.42 Å². The minimum absolute atomic E-state index is 0.00602. The van der Waals surface area contributed by atoms with Crippen LogP contribution in [0.25, 0.3) is 0 Å². The molecule has 1 rings (SSSR count). The lowest BCUT2D eigenvalue weighted by atomic mass is 10.4. The largest absolute Gasteiger partial charge is 0.630 e. The van der Waals surface area contributed by atoms with Crippen molar-refractivity contribution < 1.29 is 19.7 Å². The molecule has 1 atom stereocenters. The van der Waals surface area contributed by atoms with Gasteiger partial charge in [0, 0.05) is 0 Å². The summed E-state index contributed by atoms with van der Waals surface area (Å²) in [5.74, 6) is -1.55. The van der Waals surface area contributed by atoms with Crippen LogP contribution in [-0.2, 0) is 9.59 Å². The molecule has 2 amide bonds. The molecule has 1 N–H and O–H groups in total. The Hall–Kier alpha value is -0.770. The third-order valence-electron chi connectivity index (χ3n) is 1.37. The van der Waals surface area contributed by atoms with Gasteiger partial charge in [0.15, 0.2) is 5.29 Å². The Morgan fingerprint density at radius 1 is 1.64 bits per heavy atom. The number of carbonyl (C=O) groups excluding carboxylic acids is 2. The van der Waals surface area contributed by atoms with Gasteiger partial charge in [0.1, 0.15) is 0 Å². The summed E-state index contributed by atoms with van der Waals surface area (Å²) in [4.78, 5) is 32.1. The van der Waals surface area contributed by atoms with E-state index in [1.165, 1.54) is 6.66 Å². The standard InChI is InChI=1S/C5H6NO4P/c1-11(10)3-2-4(7)6(9)5(3)8/h9H,2H2,1H3. The van der Waals surface area contributed by atoms with Gasteiger partial charge in [-0.3, -0.25) is 14.8 Å². The number of hydrogen-bond acceptors (Lipinski definition) is 4. The third kappa shape index (κ3) is 1.30. The molecule has 0 aromatic carbocycles. The first-order valence-electron chi connectivity index (χ1n) is 2.87. The quantitative estimate of drug-likeness (QED) is 0.281. The van der Waals surface area contributed by atoms with Crippen molar-refractivity contribution in [3.05, 3.63) is 0 Å². The molecule has 1 aliphatic rings. The van der Waals surface area contributed by atoms with E-state index in [1.807, 2.05) is 0 Å². The molecule has 60 valence electrons. The lowest BCUT2D eigenvalue weighted by Crippen LogP contribution is -2.26. The van der Waals surface area contributed by atoms with E-state index in [2.05, 4.69) is 0 Å². The van der Waals surface area contributed by atoms with E-state index in [-0.39, 0.29) is 16.8 Å². The molecule has 0 spiro atoms. The highest BCUT2D eigenvalue weighted by Crippen LogP contribution is 2.17. The van der Waals surface area contributed by atoms with Gasteiger partial charge in [-0.15, -0.1) is 5.06 Å². The molecule has 1 unspecified atom stereocenters. The number of hydroxylamine groups is 2. The average molecular weight is 175 g/mol. The molecule has 1 fully saturated rings. The molecule has 0 bridgehead atoms. The molecule has 1 saturated heterocycles. The van der Waals surface area contributed by atoms with E-state index in [4.69, 9.17) is 5.21 Å². The molecule has 6 heteroatoms. The predicted octanol–water partition coefficient (Wildman–Crippen LogP) is -1.31. The predicted molar refractivity (Wildman–Crippen MR) is 36.1 cm³/mol. The summed E-state index contributed by atoms with van der Waals surface area (Å²) in [7, 11) is -1.80. The fraction of sp³-hybridized carbons (Fsp3) is 0.400. The SMILES string of the molecule is C[P+]([O-])=C1CC(=O)N(O)C1=O. The highest BCUT2D eigenvalue weighted by Gasteiger charge is 2.38. The second-order valence-electron chi connectivity index (χ2n) is 2.13. The monoisotopic (exact) mass is 175 g/mol. The van der Waals surface area contributed by atoms with Crippen molar-refractivity contribution in [2.24, 2.45) is 0 Å². The van der Waals surface area contributed by atoms with Crippen molar-refractivity contribution in [3.63, 3.8) is 0 Å². The van der Waals surface area contributed by atoms with Gasteiger partial charge in [-0.1, -0.05) is 0 Å². The van der Waals surface area contributed by atoms with Gasteiger partial charge < -0.3 is 4.89 Å². The molecule has 0 aliphatic carbocycles. The Kier molecular flexibility index (Phi) is 2.04. The molecule has 11 heavy (non-hydrogen) atoms. The topological polar surface area (TPSA) is 80.7 Å². The van der Waals surface area contributed by atoms with Gasteiger partial charge in [-0.2, -0.15) is 0 Å². The van der Waals surface area contributed by atoms with Crippen LogP contribution in [0.15, 0.2) is 0 Å². The first kappa shape index (κ1) is 8.33. The zero-order valence-electron chi connectivity index (χ0n) is 5.77. The second kappa shape index (κ2) is 2.70. The van der Waals surface area contributed by atoms with Crippen LogP contribution in [0.3, 0.4) is 0 Å². The average Bonchev–Trinajstić information content (AvgIpc) is 2.17. The van der Waals surface area contributed by atoms with Gasteiger partial charge in [0.05, 0.1) is 20.9 Å².